The molecule has 1 aliphatic rings. The van der Waals surface area contributed by atoms with Crippen molar-refractivity contribution in [1.82, 2.24) is 0 Å². The van der Waals surface area contributed by atoms with Gasteiger partial charge in [-0.15, -0.1) is 0 Å². The fourth-order valence-corrected chi connectivity index (χ4v) is 3.57. The number of nitro groups is 1. The first-order valence-electron chi connectivity index (χ1n) is 7.80. The summed E-state index contributed by atoms with van der Waals surface area (Å²) in [6.07, 6.45) is 8.52. The predicted octanol–water partition coefficient (Wildman–Crippen LogP) is 5.52. The van der Waals surface area contributed by atoms with Crippen LogP contribution >= 0.6 is 15.9 Å². The minimum Gasteiger partial charge on any atom is -0.377 e. The van der Waals surface area contributed by atoms with Gasteiger partial charge in [-0.05, 0) is 37.3 Å². The van der Waals surface area contributed by atoms with E-state index in [0.717, 1.165) is 23.2 Å². The molecule has 0 bridgehead atoms. The molecule has 116 valence electrons. The summed E-state index contributed by atoms with van der Waals surface area (Å²) in [5.41, 5.74) is 0.792. The molecule has 4 nitrogen and oxygen atoms in total. The Balaban J connectivity index is 2.03. The van der Waals surface area contributed by atoms with Crippen LogP contribution in [0.5, 0.6) is 0 Å². The van der Waals surface area contributed by atoms with Gasteiger partial charge in [0.25, 0.3) is 5.69 Å². The Morgan fingerprint density at radius 2 is 2.14 bits per heavy atom. The zero-order chi connectivity index (χ0) is 15.2. The van der Waals surface area contributed by atoms with Crippen molar-refractivity contribution in [2.24, 2.45) is 5.92 Å². The predicted molar refractivity (Wildman–Crippen MR) is 89.7 cm³/mol. The highest BCUT2D eigenvalue weighted by atomic mass is 79.9. The van der Waals surface area contributed by atoms with E-state index in [9.17, 15) is 10.1 Å². The van der Waals surface area contributed by atoms with Crippen molar-refractivity contribution < 1.29 is 4.92 Å². The number of nitro benzene ring substituents is 1. The van der Waals surface area contributed by atoms with Crippen molar-refractivity contribution in [2.45, 2.75) is 57.9 Å². The molecule has 0 amide bonds. The van der Waals surface area contributed by atoms with Crippen LogP contribution in [0.4, 0.5) is 11.4 Å². The van der Waals surface area contributed by atoms with Gasteiger partial charge in [0.15, 0.2) is 0 Å². The SMILES string of the molecule is CCCC1CCCC(Nc2ccc(Br)cc2[N+](=O)[O-])CC1. The summed E-state index contributed by atoms with van der Waals surface area (Å²) in [5, 5.41) is 14.6. The minimum absolute atomic E-state index is 0.152. The van der Waals surface area contributed by atoms with Crippen molar-refractivity contribution in [3.63, 3.8) is 0 Å². The van der Waals surface area contributed by atoms with Crippen LogP contribution in [0.1, 0.15) is 51.9 Å². The Kier molecular flexibility index (Phi) is 6.03. The molecule has 0 spiro atoms. The lowest BCUT2D eigenvalue weighted by atomic mass is 9.95. The van der Waals surface area contributed by atoms with Crippen LogP contribution in [0.3, 0.4) is 0 Å². The van der Waals surface area contributed by atoms with E-state index >= 15 is 0 Å². The maximum Gasteiger partial charge on any atom is 0.293 e. The van der Waals surface area contributed by atoms with Gasteiger partial charge in [-0.1, -0.05) is 48.5 Å². The maximum absolute atomic E-state index is 11.2. The normalized spacial score (nSPS) is 22.6. The van der Waals surface area contributed by atoms with Crippen molar-refractivity contribution in [3.05, 3.63) is 32.8 Å². The van der Waals surface area contributed by atoms with Crippen LogP contribution in [0.2, 0.25) is 0 Å². The molecule has 2 atom stereocenters. The monoisotopic (exact) mass is 354 g/mol. The molecule has 0 aromatic heterocycles. The third kappa shape index (κ3) is 4.70. The third-order valence-corrected chi connectivity index (χ3v) is 4.79. The molecule has 0 heterocycles. The van der Waals surface area contributed by atoms with Crippen LogP contribution in [-0.4, -0.2) is 11.0 Å². The topological polar surface area (TPSA) is 55.2 Å². The lowest BCUT2D eigenvalue weighted by Crippen LogP contribution is -2.19. The first-order chi connectivity index (χ1) is 10.1. The Bertz CT molecular complexity index is 493. The van der Waals surface area contributed by atoms with Crippen molar-refractivity contribution in [2.75, 3.05) is 5.32 Å². The van der Waals surface area contributed by atoms with Gasteiger partial charge in [0.2, 0.25) is 0 Å². The van der Waals surface area contributed by atoms with E-state index < -0.39 is 0 Å². The molecule has 21 heavy (non-hydrogen) atoms. The summed E-state index contributed by atoms with van der Waals surface area (Å²) in [4.78, 5) is 10.8. The fourth-order valence-electron chi connectivity index (χ4n) is 3.22. The summed E-state index contributed by atoms with van der Waals surface area (Å²) in [6.45, 7) is 2.24. The van der Waals surface area contributed by atoms with Crippen molar-refractivity contribution in [1.29, 1.82) is 0 Å². The van der Waals surface area contributed by atoms with Crippen molar-refractivity contribution >= 4 is 27.3 Å². The van der Waals surface area contributed by atoms with E-state index in [1.165, 1.54) is 32.1 Å². The van der Waals surface area contributed by atoms with Gasteiger partial charge in [0.1, 0.15) is 5.69 Å². The number of halogens is 1. The van der Waals surface area contributed by atoms with Crippen molar-refractivity contribution in [3.8, 4) is 0 Å². The van der Waals surface area contributed by atoms with Gasteiger partial charge in [0.05, 0.1) is 4.92 Å². The molecule has 1 aromatic rings. The first-order valence-corrected chi connectivity index (χ1v) is 8.60. The molecule has 1 saturated carbocycles. The van der Waals surface area contributed by atoms with Crippen LogP contribution < -0.4 is 5.32 Å². The molecule has 2 unspecified atom stereocenters. The fraction of sp³-hybridized carbons (Fsp3) is 0.625. The first kappa shape index (κ1) is 16.3. The quantitative estimate of drug-likeness (QED) is 0.430. The van der Waals surface area contributed by atoms with E-state index in [1.54, 1.807) is 12.1 Å². The second kappa shape index (κ2) is 7.78. The van der Waals surface area contributed by atoms with Gasteiger partial charge >= 0.3 is 0 Å². The average Bonchev–Trinajstić information content (AvgIpc) is 2.67. The molecule has 1 fully saturated rings. The van der Waals surface area contributed by atoms with Gasteiger partial charge in [-0.2, -0.15) is 0 Å². The van der Waals surface area contributed by atoms with E-state index in [4.69, 9.17) is 0 Å². The highest BCUT2D eigenvalue weighted by molar-refractivity contribution is 9.10. The number of nitrogens with zero attached hydrogens (tertiary/aromatic N) is 1. The number of hydrogen-bond donors (Lipinski definition) is 1. The Morgan fingerprint density at radius 1 is 1.33 bits per heavy atom. The second-order valence-electron chi connectivity index (χ2n) is 5.92. The summed E-state index contributed by atoms with van der Waals surface area (Å²) >= 11 is 3.30. The molecule has 0 aliphatic heterocycles. The lowest BCUT2D eigenvalue weighted by Gasteiger charge is -2.18. The summed E-state index contributed by atoms with van der Waals surface area (Å²) < 4.78 is 0.739. The molecular formula is C16H23BrN2O2. The molecule has 1 aromatic carbocycles. The highest BCUT2D eigenvalue weighted by Crippen LogP contribution is 2.32. The lowest BCUT2D eigenvalue weighted by molar-refractivity contribution is -0.384. The summed E-state index contributed by atoms with van der Waals surface area (Å²) in [7, 11) is 0. The second-order valence-corrected chi connectivity index (χ2v) is 6.84. The number of benzene rings is 1. The van der Waals surface area contributed by atoms with Crippen LogP contribution in [0, 0.1) is 16.0 Å². The van der Waals surface area contributed by atoms with Gasteiger partial charge in [-0.25, -0.2) is 0 Å². The number of anilines is 1. The molecule has 1 aliphatic carbocycles. The van der Waals surface area contributed by atoms with Crippen LogP contribution in [0.25, 0.3) is 0 Å². The largest absolute Gasteiger partial charge is 0.377 e. The van der Waals surface area contributed by atoms with E-state index in [2.05, 4.69) is 28.2 Å². The molecule has 0 radical (unpaired) electrons. The number of rotatable bonds is 5. The highest BCUT2D eigenvalue weighted by Gasteiger charge is 2.21. The van der Waals surface area contributed by atoms with E-state index in [0.29, 0.717) is 11.7 Å². The Hall–Kier alpha value is -1.10. The Morgan fingerprint density at radius 3 is 2.86 bits per heavy atom. The van der Waals surface area contributed by atoms with Gasteiger partial charge < -0.3 is 5.32 Å². The zero-order valence-corrected chi connectivity index (χ0v) is 14.1. The van der Waals surface area contributed by atoms with Gasteiger partial charge in [0, 0.05) is 16.6 Å². The van der Waals surface area contributed by atoms with Crippen LogP contribution in [-0.2, 0) is 0 Å². The molecule has 1 N–H and O–H groups in total. The number of nitrogens with one attached hydrogen (secondary N) is 1. The Labute approximate surface area is 134 Å². The minimum atomic E-state index is -0.316. The van der Waals surface area contributed by atoms with Crippen LogP contribution in [0.15, 0.2) is 22.7 Å². The van der Waals surface area contributed by atoms with Gasteiger partial charge in [-0.3, -0.25) is 10.1 Å². The standard InChI is InChI=1S/C16H23BrN2O2/c1-2-4-12-5-3-6-14(9-7-12)18-15-10-8-13(17)11-16(15)19(20)21/h8,10-12,14,18H,2-7,9H2,1H3. The molecule has 5 heteroatoms. The summed E-state index contributed by atoms with van der Waals surface area (Å²) in [6, 6.07) is 5.58. The molecule has 0 saturated heterocycles. The van der Waals surface area contributed by atoms with E-state index in [1.807, 2.05) is 6.07 Å². The van der Waals surface area contributed by atoms with E-state index in [-0.39, 0.29) is 10.6 Å². The molecular weight excluding hydrogens is 332 g/mol. The maximum atomic E-state index is 11.2. The zero-order valence-electron chi connectivity index (χ0n) is 12.5. The smallest absolute Gasteiger partial charge is 0.293 e. The summed E-state index contributed by atoms with van der Waals surface area (Å²) in [5.74, 6) is 0.835. The third-order valence-electron chi connectivity index (χ3n) is 4.30. The molecule has 2 rings (SSSR count). The average molecular weight is 355 g/mol. The number of hydrogen-bond acceptors (Lipinski definition) is 3.